The van der Waals surface area contributed by atoms with Crippen LogP contribution < -0.4 is 0 Å². The normalized spacial score (nSPS) is 30.5. The third-order valence-electron chi connectivity index (χ3n) is 4.21. The van der Waals surface area contributed by atoms with Gasteiger partial charge < -0.3 is 9.52 Å². The summed E-state index contributed by atoms with van der Waals surface area (Å²) in [6, 6.07) is 1.93. The number of aliphatic hydroxyl groups excluding tert-OH is 1. The van der Waals surface area contributed by atoms with E-state index >= 15 is 0 Å². The first-order chi connectivity index (χ1) is 7.93. The summed E-state index contributed by atoms with van der Waals surface area (Å²) in [6.07, 6.45) is 4.67. The molecular weight excluding hydrogens is 280 g/mol. The van der Waals surface area contributed by atoms with Gasteiger partial charge in [-0.25, -0.2) is 0 Å². The van der Waals surface area contributed by atoms with Crippen molar-refractivity contribution in [3.63, 3.8) is 0 Å². The molecule has 0 amide bonds. The lowest BCUT2D eigenvalue weighted by Crippen LogP contribution is -2.41. The van der Waals surface area contributed by atoms with Crippen molar-refractivity contribution in [1.82, 2.24) is 0 Å². The zero-order valence-electron chi connectivity index (χ0n) is 10.7. The Labute approximate surface area is 112 Å². The number of aliphatic hydroxyl groups is 1. The van der Waals surface area contributed by atoms with Crippen molar-refractivity contribution < 1.29 is 9.52 Å². The summed E-state index contributed by atoms with van der Waals surface area (Å²) in [6.45, 7) is 6.55. The maximum Gasteiger partial charge on any atom is 0.123 e. The van der Waals surface area contributed by atoms with Crippen molar-refractivity contribution in [2.45, 2.75) is 51.6 Å². The first-order valence-corrected chi connectivity index (χ1v) is 7.13. The van der Waals surface area contributed by atoms with Gasteiger partial charge in [0.25, 0.3) is 0 Å². The molecule has 3 atom stereocenters. The molecule has 0 aliphatic heterocycles. The second kappa shape index (κ2) is 4.77. The van der Waals surface area contributed by atoms with Gasteiger partial charge in [0.15, 0.2) is 0 Å². The molecular formula is C14H21BrO2. The van der Waals surface area contributed by atoms with E-state index in [4.69, 9.17) is 4.42 Å². The second-order valence-electron chi connectivity index (χ2n) is 5.91. The van der Waals surface area contributed by atoms with Gasteiger partial charge in [0.05, 0.1) is 16.8 Å². The Bertz CT molecular complexity index is 383. The highest BCUT2D eigenvalue weighted by molar-refractivity contribution is 9.10. The Hall–Kier alpha value is -0.280. The van der Waals surface area contributed by atoms with Gasteiger partial charge in [-0.3, -0.25) is 0 Å². The molecule has 1 heterocycles. The summed E-state index contributed by atoms with van der Waals surface area (Å²) in [5, 5.41) is 10.3. The van der Waals surface area contributed by atoms with Crippen molar-refractivity contribution >= 4 is 15.9 Å². The molecule has 3 unspecified atom stereocenters. The average molecular weight is 301 g/mol. The van der Waals surface area contributed by atoms with Crippen LogP contribution in [0.5, 0.6) is 0 Å². The van der Waals surface area contributed by atoms with Gasteiger partial charge >= 0.3 is 0 Å². The summed E-state index contributed by atoms with van der Waals surface area (Å²) in [5.41, 5.74) is -0.123. The summed E-state index contributed by atoms with van der Waals surface area (Å²) < 4.78 is 6.61. The molecule has 1 aliphatic carbocycles. The number of furan rings is 1. The van der Waals surface area contributed by atoms with Crippen LogP contribution in [0.25, 0.3) is 0 Å². The van der Waals surface area contributed by atoms with E-state index in [1.54, 1.807) is 6.26 Å². The topological polar surface area (TPSA) is 33.4 Å². The SMILES string of the molecule is CC1CCC(C(C)(C)c2occc2Br)C(O)C1. The van der Waals surface area contributed by atoms with Gasteiger partial charge in [0.2, 0.25) is 0 Å². The summed E-state index contributed by atoms with van der Waals surface area (Å²) in [4.78, 5) is 0. The molecule has 3 heteroatoms. The van der Waals surface area contributed by atoms with Crippen LogP contribution in [0.1, 0.15) is 45.8 Å². The Balaban J connectivity index is 2.24. The fourth-order valence-electron chi connectivity index (χ4n) is 3.11. The highest BCUT2D eigenvalue weighted by Crippen LogP contribution is 2.44. The van der Waals surface area contributed by atoms with Crippen molar-refractivity contribution in [1.29, 1.82) is 0 Å². The van der Waals surface area contributed by atoms with Crippen molar-refractivity contribution in [2.24, 2.45) is 11.8 Å². The molecule has 17 heavy (non-hydrogen) atoms. The van der Waals surface area contributed by atoms with Crippen LogP contribution in [-0.2, 0) is 5.41 Å². The molecule has 0 saturated heterocycles. The molecule has 2 rings (SSSR count). The minimum atomic E-state index is -0.217. The van der Waals surface area contributed by atoms with E-state index in [9.17, 15) is 5.11 Å². The maximum atomic E-state index is 10.3. The van der Waals surface area contributed by atoms with Gasteiger partial charge in [-0.2, -0.15) is 0 Å². The Morgan fingerprint density at radius 3 is 2.65 bits per heavy atom. The Kier molecular flexibility index (Phi) is 3.69. The Morgan fingerprint density at radius 1 is 1.41 bits per heavy atom. The summed E-state index contributed by atoms with van der Waals surface area (Å²) >= 11 is 3.53. The van der Waals surface area contributed by atoms with E-state index in [-0.39, 0.29) is 17.4 Å². The first kappa shape index (κ1) is 13.2. The highest BCUT2D eigenvalue weighted by atomic mass is 79.9. The molecule has 1 aromatic rings. The third kappa shape index (κ3) is 2.45. The van der Waals surface area contributed by atoms with E-state index < -0.39 is 0 Å². The number of rotatable bonds is 2. The molecule has 2 nitrogen and oxygen atoms in total. The zero-order valence-corrected chi connectivity index (χ0v) is 12.3. The molecule has 0 aromatic carbocycles. The lowest BCUT2D eigenvalue weighted by Gasteiger charge is -2.41. The van der Waals surface area contributed by atoms with E-state index in [1.807, 2.05) is 6.07 Å². The largest absolute Gasteiger partial charge is 0.468 e. The fraction of sp³-hybridized carbons (Fsp3) is 0.714. The molecule has 0 spiro atoms. The number of hydrogen-bond donors (Lipinski definition) is 1. The second-order valence-corrected chi connectivity index (χ2v) is 6.77. The zero-order chi connectivity index (χ0) is 12.6. The molecule has 0 bridgehead atoms. The fourth-order valence-corrected chi connectivity index (χ4v) is 3.83. The quantitative estimate of drug-likeness (QED) is 0.891. The van der Waals surface area contributed by atoms with Crippen molar-refractivity contribution in [3.8, 4) is 0 Å². The standard InChI is InChI=1S/C14H21BrO2/c1-9-4-5-10(12(16)8-9)14(2,3)13-11(15)6-7-17-13/h6-7,9-10,12,16H,4-5,8H2,1-3H3. The van der Waals surface area contributed by atoms with Crippen LogP contribution in [0.15, 0.2) is 21.2 Å². The Morgan fingerprint density at radius 2 is 2.12 bits per heavy atom. The van der Waals surface area contributed by atoms with Crippen LogP contribution in [0.2, 0.25) is 0 Å². The van der Waals surface area contributed by atoms with E-state index in [1.165, 1.54) is 6.42 Å². The van der Waals surface area contributed by atoms with Gasteiger partial charge in [0, 0.05) is 5.41 Å². The molecule has 1 aliphatic rings. The van der Waals surface area contributed by atoms with Gasteiger partial charge in [-0.05, 0) is 46.7 Å². The van der Waals surface area contributed by atoms with Crippen LogP contribution in [0, 0.1) is 11.8 Å². The highest BCUT2D eigenvalue weighted by Gasteiger charge is 2.41. The monoisotopic (exact) mass is 300 g/mol. The van der Waals surface area contributed by atoms with Gasteiger partial charge in [0.1, 0.15) is 5.76 Å². The summed E-state index contributed by atoms with van der Waals surface area (Å²) in [5.74, 6) is 1.87. The number of halogens is 1. The molecule has 1 N–H and O–H groups in total. The molecule has 1 saturated carbocycles. The van der Waals surface area contributed by atoms with Crippen molar-refractivity contribution in [3.05, 3.63) is 22.6 Å². The minimum Gasteiger partial charge on any atom is -0.468 e. The van der Waals surface area contributed by atoms with Gasteiger partial charge in [-0.1, -0.05) is 27.2 Å². The molecule has 96 valence electrons. The van der Waals surface area contributed by atoms with Crippen molar-refractivity contribution in [2.75, 3.05) is 0 Å². The lowest BCUT2D eigenvalue weighted by atomic mass is 9.66. The predicted octanol–water partition coefficient (Wildman–Crippen LogP) is 4.12. The molecule has 0 radical (unpaired) electrons. The van der Waals surface area contributed by atoms with Crippen LogP contribution in [0.3, 0.4) is 0 Å². The van der Waals surface area contributed by atoms with Crippen LogP contribution in [0.4, 0.5) is 0 Å². The number of hydrogen-bond acceptors (Lipinski definition) is 2. The van der Waals surface area contributed by atoms with Crippen LogP contribution >= 0.6 is 15.9 Å². The third-order valence-corrected chi connectivity index (χ3v) is 4.83. The van der Waals surface area contributed by atoms with E-state index in [0.717, 1.165) is 23.1 Å². The average Bonchev–Trinajstić information content (AvgIpc) is 2.64. The smallest absolute Gasteiger partial charge is 0.123 e. The predicted molar refractivity (Wildman–Crippen MR) is 71.9 cm³/mol. The molecule has 1 aromatic heterocycles. The lowest BCUT2D eigenvalue weighted by molar-refractivity contribution is 0.00850. The van der Waals surface area contributed by atoms with Gasteiger partial charge in [-0.15, -0.1) is 0 Å². The van der Waals surface area contributed by atoms with Crippen LogP contribution in [-0.4, -0.2) is 11.2 Å². The minimum absolute atomic E-state index is 0.123. The maximum absolute atomic E-state index is 10.3. The van der Waals surface area contributed by atoms with E-state index in [0.29, 0.717) is 5.92 Å². The summed E-state index contributed by atoms with van der Waals surface area (Å²) in [7, 11) is 0. The molecule has 1 fully saturated rings. The van der Waals surface area contributed by atoms with E-state index in [2.05, 4.69) is 36.7 Å². The first-order valence-electron chi connectivity index (χ1n) is 6.34.